The topological polar surface area (TPSA) is 12.0 Å². The predicted octanol–water partition coefficient (Wildman–Crippen LogP) is 4.08. The molecule has 1 saturated heterocycles. The highest BCUT2D eigenvalue weighted by Crippen LogP contribution is 2.33. The summed E-state index contributed by atoms with van der Waals surface area (Å²) in [5, 5.41) is 3.45. The van der Waals surface area contributed by atoms with Gasteiger partial charge in [-0.05, 0) is 44.0 Å². The van der Waals surface area contributed by atoms with Crippen LogP contribution in [0.3, 0.4) is 0 Å². The Balaban J connectivity index is 2.22. The highest BCUT2D eigenvalue weighted by Gasteiger charge is 2.32. The van der Waals surface area contributed by atoms with Gasteiger partial charge in [-0.25, -0.2) is 0 Å². The zero-order valence-corrected chi connectivity index (χ0v) is 10.5. The number of alkyl halides is 3. The van der Waals surface area contributed by atoms with Crippen molar-refractivity contribution in [3.05, 3.63) is 35.4 Å². The van der Waals surface area contributed by atoms with Crippen molar-refractivity contribution in [1.82, 2.24) is 5.32 Å². The first kappa shape index (κ1) is 13.4. The minimum Gasteiger partial charge on any atom is -0.308 e. The lowest BCUT2D eigenvalue weighted by molar-refractivity contribution is -0.137. The van der Waals surface area contributed by atoms with E-state index < -0.39 is 11.7 Å². The standard InChI is InChI=1S/C14H18F3N/c1-13(9-3-2-4-10-18-13)11-5-7-12(8-6-11)14(15,16)17/h5-8,18H,2-4,9-10H2,1H3. The molecule has 1 aromatic carbocycles. The van der Waals surface area contributed by atoms with Crippen LogP contribution in [0, 0.1) is 0 Å². The Morgan fingerprint density at radius 3 is 2.33 bits per heavy atom. The summed E-state index contributed by atoms with van der Waals surface area (Å²) in [5.41, 5.74) is 0.168. The lowest BCUT2D eigenvalue weighted by atomic mass is 9.87. The van der Waals surface area contributed by atoms with Crippen molar-refractivity contribution >= 4 is 0 Å². The van der Waals surface area contributed by atoms with Crippen LogP contribution < -0.4 is 5.32 Å². The van der Waals surface area contributed by atoms with E-state index in [1.807, 2.05) is 0 Å². The van der Waals surface area contributed by atoms with Gasteiger partial charge in [0.2, 0.25) is 0 Å². The van der Waals surface area contributed by atoms with E-state index in [0.29, 0.717) is 0 Å². The van der Waals surface area contributed by atoms with Crippen molar-refractivity contribution in [1.29, 1.82) is 0 Å². The molecule has 1 heterocycles. The normalized spacial score (nSPS) is 25.8. The quantitative estimate of drug-likeness (QED) is 0.799. The number of rotatable bonds is 1. The van der Waals surface area contributed by atoms with Crippen molar-refractivity contribution in [3.63, 3.8) is 0 Å². The van der Waals surface area contributed by atoms with E-state index in [2.05, 4.69) is 12.2 Å². The first-order valence-electron chi connectivity index (χ1n) is 6.35. The maximum atomic E-state index is 12.5. The monoisotopic (exact) mass is 257 g/mol. The van der Waals surface area contributed by atoms with Crippen molar-refractivity contribution in [2.24, 2.45) is 0 Å². The fourth-order valence-corrected chi connectivity index (χ4v) is 2.51. The average Bonchev–Trinajstić information content (AvgIpc) is 2.54. The van der Waals surface area contributed by atoms with Gasteiger partial charge in [0.05, 0.1) is 5.56 Å². The molecule has 0 aromatic heterocycles. The molecular formula is C14H18F3N. The van der Waals surface area contributed by atoms with E-state index in [1.165, 1.54) is 18.6 Å². The van der Waals surface area contributed by atoms with Gasteiger partial charge in [-0.15, -0.1) is 0 Å². The molecule has 1 aromatic rings. The molecule has 1 aliphatic heterocycles. The fraction of sp³-hybridized carbons (Fsp3) is 0.571. The molecule has 0 saturated carbocycles. The van der Waals surface area contributed by atoms with E-state index in [1.54, 1.807) is 12.1 Å². The lowest BCUT2D eigenvalue weighted by Gasteiger charge is -2.30. The van der Waals surface area contributed by atoms with Crippen molar-refractivity contribution in [2.45, 2.75) is 44.3 Å². The maximum Gasteiger partial charge on any atom is 0.416 e. The number of hydrogen-bond acceptors (Lipinski definition) is 1. The second-order valence-corrected chi connectivity index (χ2v) is 5.14. The largest absolute Gasteiger partial charge is 0.416 e. The summed E-state index contributed by atoms with van der Waals surface area (Å²) in [6.07, 6.45) is 0.151. The zero-order chi connectivity index (χ0) is 13.2. The van der Waals surface area contributed by atoms with Crippen LogP contribution in [0.4, 0.5) is 13.2 Å². The fourth-order valence-electron chi connectivity index (χ4n) is 2.51. The predicted molar refractivity (Wildman–Crippen MR) is 65.3 cm³/mol. The van der Waals surface area contributed by atoms with E-state index in [-0.39, 0.29) is 5.54 Å². The van der Waals surface area contributed by atoms with Gasteiger partial charge in [0.25, 0.3) is 0 Å². The molecule has 2 rings (SSSR count). The van der Waals surface area contributed by atoms with E-state index in [4.69, 9.17) is 0 Å². The molecule has 1 unspecified atom stereocenters. The molecule has 0 radical (unpaired) electrons. The Hall–Kier alpha value is -1.03. The summed E-state index contributed by atoms with van der Waals surface area (Å²) in [6, 6.07) is 5.54. The van der Waals surface area contributed by atoms with Crippen LogP contribution in [0.15, 0.2) is 24.3 Å². The van der Waals surface area contributed by atoms with Gasteiger partial charge in [-0.2, -0.15) is 13.2 Å². The molecule has 4 heteroatoms. The van der Waals surface area contributed by atoms with Crippen LogP contribution >= 0.6 is 0 Å². The molecule has 0 amide bonds. The van der Waals surface area contributed by atoms with Gasteiger partial charge in [0.15, 0.2) is 0 Å². The lowest BCUT2D eigenvalue weighted by Crippen LogP contribution is -2.38. The molecule has 100 valence electrons. The number of halogens is 3. The summed E-state index contributed by atoms with van der Waals surface area (Å²) < 4.78 is 37.5. The van der Waals surface area contributed by atoms with Crippen LogP contribution in [0.5, 0.6) is 0 Å². The number of hydrogen-bond donors (Lipinski definition) is 1. The summed E-state index contributed by atoms with van der Waals surface area (Å²) >= 11 is 0. The van der Waals surface area contributed by atoms with Crippen molar-refractivity contribution in [3.8, 4) is 0 Å². The Labute approximate surface area is 105 Å². The van der Waals surface area contributed by atoms with Crippen LogP contribution in [-0.4, -0.2) is 6.54 Å². The SMILES string of the molecule is CC1(c2ccc(C(F)(F)F)cc2)CCCCCN1. The van der Waals surface area contributed by atoms with E-state index >= 15 is 0 Å². The second-order valence-electron chi connectivity index (χ2n) is 5.14. The first-order chi connectivity index (χ1) is 8.42. The molecule has 0 bridgehead atoms. The zero-order valence-electron chi connectivity index (χ0n) is 10.5. The Morgan fingerprint density at radius 2 is 1.72 bits per heavy atom. The maximum absolute atomic E-state index is 12.5. The molecule has 1 N–H and O–H groups in total. The highest BCUT2D eigenvalue weighted by molar-refractivity contribution is 5.29. The highest BCUT2D eigenvalue weighted by atomic mass is 19.4. The third kappa shape index (κ3) is 2.86. The van der Waals surface area contributed by atoms with Crippen LogP contribution in [0.2, 0.25) is 0 Å². The Kier molecular flexibility index (Phi) is 3.66. The molecule has 0 spiro atoms. The van der Waals surface area contributed by atoms with E-state index in [0.717, 1.165) is 31.4 Å². The minimum absolute atomic E-state index is 0.194. The third-order valence-electron chi connectivity index (χ3n) is 3.72. The summed E-state index contributed by atoms with van der Waals surface area (Å²) in [6.45, 7) is 3.00. The van der Waals surface area contributed by atoms with Gasteiger partial charge in [-0.3, -0.25) is 0 Å². The van der Waals surface area contributed by atoms with Crippen LogP contribution in [0.25, 0.3) is 0 Å². The van der Waals surface area contributed by atoms with Gasteiger partial charge in [0, 0.05) is 5.54 Å². The van der Waals surface area contributed by atoms with Gasteiger partial charge >= 0.3 is 6.18 Å². The molecule has 1 fully saturated rings. The first-order valence-corrected chi connectivity index (χ1v) is 6.35. The van der Waals surface area contributed by atoms with Gasteiger partial charge < -0.3 is 5.32 Å². The molecule has 1 aliphatic rings. The van der Waals surface area contributed by atoms with Gasteiger partial charge in [-0.1, -0.05) is 25.0 Å². The number of nitrogens with one attached hydrogen (secondary N) is 1. The Bertz CT molecular complexity index is 386. The molecule has 1 nitrogen and oxygen atoms in total. The summed E-state index contributed by atoms with van der Waals surface area (Å²) in [7, 11) is 0. The molecular weight excluding hydrogens is 239 g/mol. The molecule has 1 atom stereocenters. The van der Waals surface area contributed by atoms with Crippen LogP contribution in [-0.2, 0) is 11.7 Å². The summed E-state index contributed by atoms with van der Waals surface area (Å²) in [5.74, 6) is 0. The van der Waals surface area contributed by atoms with Crippen molar-refractivity contribution < 1.29 is 13.2 Å². The average molecular weight is 257 g/mol. The molecule has 0 aliphatic carbocycles. The Morgan fingerprint density at radius 1 is 1.06 bits per heavy atom. The summed E-state index contributed by atoms with van der Waals surface area (Å²) in [4.78, 5) is 0. The van der Waals surface area contributed by atoms with Crippen molar-refractivity contribution in [2.75, 3.05) is 6.54 Å². The smallest absolute Gasteiger partial charge is 0.308 e. The second kappa shape index (κ2) is 4.92. The van der Waals surface area contributed by atoms with Gasteiger partial charge in [0.1, 0.15) is 0 Å². The molecule has 18 heavy (non-hydrogen) atoms. The minimum atomic E-state index is -4.25. The number of benzene rings is 1. The van der Waals surface area contributed by atoms with Crippen LogP contribution in [0.1, 0.15) is 43.7 Å². The van der Waals surface area contributed by atoms with E-state index in [9.17, 15) is 13.2 Å². The third-order valence-corrected chi connectivity index (χ3v) is 3.72.